The number of hydrogen-bond acceptors (Lipinski definition) is 7. The van der Waals surface area contributed by atoms with Crippen LogP contribution in [0.5, 0.6) is 0 Å². The van der Waals surface area contributed by atoms with Crippen LogP contribution in [0, 0.1) is 5.41 Å². The lowest BCUT2D eigenvalue weighted by atomic mass is 9.91. The summed E-state index contributed by atoms with van der Waals surface area (Å²) in [7, 11) is 0. The molecule has 9 nitrogen and oxygen atoms in total. The Morgan fingerprint density at radius 3 is 2.61 bits per heavy atom. The van der Waals surface area contributed by atoms with Crippen LogP contribution in [0.25, 0.3) is 22.3 Å². The highest BCUT2D eigenvalue weighted by Gasteiger charge is 2.27. The lowest BCUT2D eigenvalue weighted by molar-refractivity contribution is -0.133. The van der Waals surface area contributed by atoms with Gasteiger partial charge in [-0.3, -0.25) is 9.48 Å². The van der Waals surface area contributed by atoms with Crippen LogP contribution in [0.1, 0.15) is 33.2 Å². The summed E-state index contributed by atoms with van der Waals surface area (Å²) in [4.78, 5) is 21.1. The standard InChI is InChI=1S/C22H28N6O3/c1-22(2,3)11-19(29)26-6-8-27(9-7-26)21-24-20(25-31-21)15-4-5-16-12-23-28(18(16)10-15)17-13-30-14-17/h4-5,10,12,17H,6-9,11,13-14H2,1-3H3. The molecule has 1 aromatic carbocycles. The van der Waals surface area contributed by atoms with Gasteiger partial charge in [-0.25, -0.2) is 0 Å². The summed E-state index contributed by atoms with van der Waals surface area (Å²) in [6.45, 7) is 10.4. The smallest absolute Gasteiger partial charge is 0.324 e. The molecule has 0 saturated carbocycles. The minimum absolute atomic E-state index is 0.00224. The average molecular weight is 425 g/mol. The first-order valence-corrected chi connectivity index (χ1v) is 10.8. The van der Waals surface area contributed by atoms with Crippen LogP contribution >= 0.6 is 0 Å². The second kappa shape index (κ2) is 7.64. The van der Waals surface area contributed by atoms with Gasteiger partial charge in [-0.2, -0.15) is 10.1 Å². The molecule has 0 aliphatic carbocycles. The summed E-state index contributed by atoms with van der Waals surface area (Å²) in [5, 5.41) is 9.79. The minimum Gasteiger partial charge on any atom is -0.377 e. The van der Waals surface area contributed by atoms with Gasteiger partial charge in [0.05, 0.1) is 31.0 Å². The fraction of sp³-hybridized carbons (Fsp3) is 0.545. The number of hydrogen-bond donors (Lipinski definition) is 0. The van der Waals surface area contributed by atoms with Gasteiger partial charge >= 0.3 is 6.01 Å². The lowest BCUT2D eigenvalue weighted by Crippen LogP contribution is -2.49. The number of nitrogens with zero attached hydrogens (tertiary/aromatic N) is 6. The van der Waals surface area contributed by atoms with Crippen molar-refractivity contribution < 1.29 is 14.1 Å². The topological polar surface area (TPSA) is 89.5 Å². The van der Waals surface area contributed by atoms with Crippen molar-refractivity contribution in [1.29, 1.82) is 0 Å². The van der Waals surface area contributed by atoms with Gasteiger partial charge in [0.15, 0.2) is 0 Å². The fourth-order valence-corrected chi connectivity index (χ4v) is 4.01. The molecule has 0 bridgehead atoms. The maximum atomic E-state index is 12.5. The zero-order valence-electron chi connectivity index (χ0n) is 18.2. The SMILES string of the molecule is CC(C)(C)CC(=O)N1CCN(c2nc(-c3ccc4cnn(C5COC5)c4c3)no2)CC1. The van der Waals surface area contributed by atoms with Gasteiger partial charge < -0.3 is 19.1 Å². The molecule has 4 heterocycles. The van der Waals surface area contributed by atoms with E-state index in [-0.39, 0.29) is 17.4 Å². The van der Waals surface area contributed by atoms with Gasteiger partial charge in [-0.05, 0) is 11.5 Å². The fourth-order valence-electron chi connectivity index (χ4n) is 4.01. The molecule has 0 radical (unpaired) electrons. The van der Waals surface area contributed by atoms with Crippen molar-refractivity contribution in [2.24, 2.45) is 5.41 Å². The first-order chi connectivity index (χ1) is 14.9. The summed E-state index contributed by atoms with van der Waals surface area (Å²) < 4.78 is 12.9. The highest BCUT2D eigenvalue weighted by atomic mass is 16.5. The highest BCUT2D eigenvalue weighted by Crippen LogP contribution is 2.28. The summed E-state index contributed by atoms with van der Waals surface area (Å²) in [5.41, 5.74) is 1.93. The zero-order chi connectivity index (χ0) is 21.6. The Hall–Kier alpha value is -2.94. The van der Waals surface area contributed by atoms with Gasteiger partial charge in [0.2, 0.25) is 11.7 Å². The Labute approximate surface area is 180 Å². The van der Waals surface area contributed by atoms with Crippen LogP contribution in [0.3, 0.4) is 0 Å². The Morgan fingerprint density at radius 2 is 1.94 bits per heavy atom. The Bertz CT molecular complexity index is 1090. The maximum Gasteiger partial charge on any atom is 0.324 e. The maximum absolute atomic E-state index is 12.5. The molecule has 164 valence electrons. The van der Waals surface area contributed by atoms with Crippen molar-refractivity contribution >= 4 is 22.8 Å². The third-order valence-electron chi connectivity index (χ3n) is 5.82. The van der Waals surface area contributed by atoms with E-state index in [1.165, 1.54) is 0 Å². The molecule has 9 heteroatoms. The molecule has 5 rings (SSSR count). The molecule has 2 aromatic heterocycles. The molecule has 1 amide bonds. The van der Waals surface area contributed by atoms with Crippen molar-refractivity contribution in [2.45, 2.75) is 33.2 Å². The van der Waals surface area contributed by atoms with Crippen LogP contribution in [-0.4, -0.2) is 70.1 Å². The predicted molar refractivity (Wildman–Crippen MR) is 116 cm³/mol. The highest BCUT2D eigenvalue weighted by molar-refractivity contribution is 5.83. The third kappa shape index (κ3) is 4.01. The normalized spacial score (nSPS) is 17.9. The Balaban J connectivity index is 1.28. The average Bonchev–Trinajstić information content (AvgIpc) is 3.33. The molecule has 2 aliphatic heterocycles. The minimum atomic E-state index is -0.00224. The largest absolute Gasteiger partial charge is 0.377 e. The van der Waals surface area contributed by atoms with Crippen molar-refractivity contribution in [2.75, 3.05) is 44.3 Å². The molecule has 0 spiro atoms. The quantitative estimate of drug-likeness (QED) is 0.636. The first-order valence-electron chi connectivity index (χ1n) is 10.8. The monoisotopic (exact) mass is 424 g/mol. The Kier molecular flexibility index (Phi) is 4.92. The number of anilines is 1. The number of benzene rings is 1. The Morgan fingerprint density at radius 1 is 1.16 bits per heavy atom. The predicted octanol–water partition coefficient (Wildman–Crippen LogP) is 2.74. The number of carbonyl (C=O) groups is 1. The van der Waals surface area contributed by atoms with E-state index < -0.39 is 0 Å². The van der Waals surface area contributed by atoms with Gasteiger partial charge in [0.1, 0.15) is 0 Å². The number of aromatic nitrogens is 4. The number of fused-ring (bicyclic) bond motifs is 1. The van der Waals surface area contributed by atoms with Crippen LogP contribution in [-0.2, 0) is 9.53 Å². The van der Waals surface area contributed by atoms with Crippen molar-refractivity contribution in [1.82, 2.24) is 24.8 Å². The molecule has 2 saturated heterocycles. The summed E-state index contributed by atoms with van der Waals surface area (Å²) >= 11 is 0. The number of amides is 1. The number of ether oxygens (including phenoxy) is 1. The van der Waals surface area contributed by atoms with Crippen LogP contribution in [0.15, 0.2) is 28.9 Å². The number of carbonyl (C=O) groups excluding carboxylic acids is 1. The van der Waals surface area contributed by atoms with E-state index in [1.807, 2.05) is 32.8 Å². The zero-order valence-corrected chi connectivity index (χ0v) is 18.2. The van der Waals surface area contributed by atoms with Crippen molar-refractivity contribution in [3.05, 3.63) is 24.4 Å². The van der Waals surface area contributed by atoms with E-state index in [4.69, 9.17) is 9.26 Å². The second-order valence-electron chi connectivity index (χ2n) is 9.56. The van der Waals surface area contributed by atoms with Gasteiger partial charge in [0, 0.05) is 43.5 Å². The van der Waals surface area contributed by atoms with E-state index in [9.17, 15) is 4.79 Å². The summed E-state index contributed by atoms with van der Waals surface area (Å²) in [6.07, 6.45) is 2.43. The van der Waals surface area contributed by atoms with E-state index in [1.54, 1.807) is 0 Å². The molecule has 0 N–H and O–H groups in total. The van der Waals surface area contributed by atoms with Crippen LogP contribution < -0.4 is 4.90 Å². The third-order valence-corrected chi connectivity index (χ3v) is 5.82. The number of piperazine rings is 1. The molecule has 0 unspecified atom stereocenters. The summed E-state index contributed by atoms with van der Waals surface area (Å²) in [6, 6.07) is 6.86. The van der Waals surface area contributed by atoms with Gasteiger partial charge in [-0.15, -0.1) is 0 Å². The van der Waals surface area contributed by atoms with Gasteiger partial charge in [-0.1, -0.05) is 38.1 Å². The molecular formula is C22H28N6O3. The number of rotatable bonds is 4. The molecule has 0 atom stereocenters. The van der Waals surface area contributed by atoms with Crippen molar-refractivity contribution in [3.63, 3.8) is 0 Å². The van der Waals surface area contributed by atoms with E-state index in [2.05, 4.69) is 42.1 Å². The summed E-state index contributed by atoms with van der Waals surface area (Å²) in [5.74, 6) is 0.765. The molecule has 3 aromatic rings. The van der Waals surface area contributed by atoms with Crippen LogP contribution in [0.4, 0.5) is 6.01 Å². The first kappa shape index (κ1) is 20.0. The molecular weight excluding hydrogens is 396 g/mol. The van der Waals surface area contributed by atoms with Crippen molar-refractivity contribution in [3.8, 4) is 11.4 Å². The molecule has 2 aliphatic rings. The second-order valence-corrected chi connectivity index (χ2v) is 9.56. The molecule has 31 heavy (non-hydrogen) atoms. The van der Waals surface area contributed by atoms with E-state index in [0.717, 1.165) is 16.5 Å². The van der Waals surface area contributed by atoms with Crippen LogP contribution in [0.2, 0.25) is 0 Å². The molecule has 2 fully saturated rings. The van der Waals surface area contributed by atoms with E-state index in [0.29, 0.717) is 57.7 Å². The van der Waals surface area contributed by atoms with Gasteiger partial charge in [0.25, 0.3) is 0 Å². The van der Waals surface area contributed by atoms with E-state index >= 15 is 0 Å². The lowest BCUT2D eigenvalue weighted by Gasteiger charge is -2.34.